The highest BCUT2D eigenvalue weighted by Crippen LogP contribution is 1.91. The van der Waals surface area contributed by atoms with Crippen LogP contribution in [0.3, 0.4) is 0 Å². The van der Waals surface area contributed by atoms with Gasteiger partial charge in [-0.3, -0.25) is 0 Å². The van der Waals surface area contributed by atoms with Gasteiger partial charge in [-0.25, -0.2) is 0 Å². The first-order chi connectivity index (χ1) is 6.35. The lowest BCUT2D eigenvalue weighted by Crippen LogP contribution is -2.33. The van der Waals surface area contributed by atoms with Crippen LogP contribution in [0.4, 0.5) is 0 Å². The van der Waals surface area contributed by atoms with E-state index in [0.29, 0.717) is 39.5 Å². The zero-order valence-corrected chi connectivity index (χ0v) is 8.48. The van der Waals surface area contributed by atoms with Crippen molar-refractivity contribution in [1.82, 2.24) is 6.15 Å². The molecule has 0 radical (unpaired) electrons. The van der Waals surface area contributed by atoms with Crippen LogP contribution >= 0.6 is 0 Å². The molecule has 0 unspecified atom stereocenters. The van der Waals surface area contributed by atoms with Crippen LogP contribution in [-0.2, 0) is 14.0 Å². The highest BCUT2D eigenvalue weighted by Gasteiger charge is 2.19. The van der Waals surface area contributed by atoms with Crippen LogP contribution in [0.2, 0.25) is 0 Å². The van der Waals surface area contributed by atoms with E-state index in [2.05, 4.69) is 0 Å². The molecular formula is C6H21BN4O3. The Morgan fingerprint density at radius 2 is 1.00 bits per heavy atom. The second kappa shape index (κ2) is 12.8. The summed E-state index contributed by atoms with van der Waals surface area (Å²) in [5.41, 5.74) is 15.7. The van der Waals surface area contributed by atoms with E-state index in [1.807, 2.05) is 0 Å². The Bertz CT molecular complexity index is 92.1. The average molecular weight is 208 g/mol. The summed E-state index contributed by atoms with van der Waals surface area (Å²) in [4.78, 5) is 0. The molecule has 0 atom stereocenters. The zero-order valence-electron chi connectivity index (χ0n) is 8.48. The fourth-order valence-corrected chi connectivity index (χ4v) is 0.637. The molecule has 0 aromatic heterocycles. The molecule has 0 aromatic rings. The molecule has 0 heterocycles. The molecule has 0 aliphatic rings. The minimum atomic E-state index is -0.698. The first-order valence-corrected chi connectivity index (χ1v) is 4.30. The average Bonchev–Trinajstić information content (AvgIpc) is 2.17. The van der Waals surface area contributed by atoms with Crippen molar-refractivity contribution in [3.8, 4) is 0 Å². The normalized spacial score (nSPS) is 9.64. The maximum absolute atomic E-state index is 5.25. The zero-order chi connectivity index (χ0) is 9.94. The Morgan fingerprint density at radius 1 is 0.714 bits per heavy atom. The van der Waals surface area contributed by atoms with E-state index < -0.39 is 7.32 Å². The molecule has 0 aromatic carbocycles. The molecule has 0 aliphatic carbocycles. The SMILES string of the molecule is N.NCCOB(OCCN)OCCN. The van der Waals surface area contributed by atoms with Gasteiger partial charge in [0.05, 0.1) is 0 Å². The molecule has 9 N–H and O–H groups in total. The van der Waals surface area contributed by atoms with E-state index in [1.54, 1.807) is 0 Å². The number of hydrogen-bond acceptors (Lipinski definition) is 7. The topological polar surface area (TPSA) is 141 Å². The first-order valence-electron chi connectivity index (χ1n) is 4.30. The van der Waals surface area contributed by atoms with E-state index >= 15 is 0 Å². The second-order valence-electron chi connectivity index (χ2n) is 2.27. The lowest BCUT2D eigenvalue weighted by Gasteiger charge is -2.12. The summed E-state index contributed by atoms with van der Waals surface area (Å²) in [6.07, 6.45) is 0. The summed E-state index contributed by atoms with van der Waals surface area (Å²) >= 11 is 0. The van der Waals surface area contributed by atoms with Gasteiger partial charge in [0.15, 0.2) is 0 Å². The fourth-order valence-electron chi connectivity index (χ4n) is 0.637. The number of rotatable bonds is 9. The van der Waals surface area contributed by atoms with Crippen molar-refractivity contribution in [2.45, 2.75) is 0 Å². The standard InChI is InChI=1S/C6H18BN3O3.H3N/c8-1-4-11-7(12-5-2-9)13-6-3-10;/h1-6,8-10H2;1H3. The van der Waals surface area contributed by atoms with E-state index in [-0.39, 0.29) is 6.15 Å². The van der Waals surface area contributed by atoms with Gasteiger partial charge in [-0.1, -0.05) is 0 Å². The van der Waals surface area contributed by atoms with Gasteiger partial charge >= 0.3 is 7.32 Å². The summed E-state index contributed by atoms with van der Waals surface area (Å²) in [5.74, 6) is 0. The predicted molar refractivity (Wildman–Crippen MR) is 55.8 cm³/mol. The van der Waals surface area contributed by atoms with Crippen molar-refractivity contribution in [1.29, 1.82) is 0 Å². The van der Waals surface area contributed by atoms with Crippen molar-refractivity contribution in [3.63, 3.8) is 0 Å². The lowest BCUT2D eigenvalue weighted by atomic mass is 10.2. The summed E-state index contributed by atoms with van der Waals surface area (Å²) in [7, 11) is -0.698. The molecule has 8 heteroatoms. The summed E-state index contributed by atoms with van der Waals surface area (Å²) in [6.45, 7) is 2.44. The molecule has 0 fully saturated rings. The van der Waals surface area contributed by atoms with Gasteiger partial charge in [-0.15, -0.1) is 0 Å². The number of hydrogen-bond donors (Lipinski definition) is 4. The van der Waals surface area contributed by atoms with Gasteiger partial charge < -0.3 is 37.3 Å². The van der Waals surface area contributed by atoms with Crippen molar-refractivity contribution in [2.75, 3.05) is 39.5 Å². The third-order valence-electron chi connectivity index (χ3n) is 1.12. The maximum Gasteiger partial charge on any atom is 0.639 e. The van der Waals surface area contributed by atoms with Crippen LogP contribution in [0, 0.1) is 0 Å². The van der Waals surface area contributed by atoms with Gasteiger partial charge in [0.2, 0.25) is 0 Å². The number of nitrogens with two attached hydrogens (primary N) is 3. The molecule has 86 valence electrons. The summed E-state index contributed by atoms with van der Waals surface area (Å²) in [5, 5.41) is 0. The van der Waals surface area contributed by atoms with Gasteiger partial charge in [0.1, 0.15) is 0 Å². The third kappa shape index (κ3) is 9.87. The Labute approximate surface area is 85.0 Å². The van der Waals surface area contributed by atoms with Crippen LogP contribution in [0.15, 0.2) is 0 Å². The second-order valence-corrected chi connectivity index (χ2v) is 2.27. The Kier molecular flexibility index (Phi) is 14.8. The Hall–Kier alpha value is -0.215. The highest BCUT2D eigenvalue weighted by molar-refractivity contribution is 6.36. The molecule has 0 saturated carbocycles. The van der Waals surface area contributed by atoms with Gasteiger partial charge in [-0.2, -0.15) is 0 Å². The molecule has 0 spiro atoms. The van der Waals surface area contributed by atoms with Crippen molar-refractivity contribution < 1.29 is 14.0 Å². The van der Waals surface area contributed by atoms with Crippen LogP contribution in [0.1, 0.15) is 0 Å². The fraction of sp³-hybridized carbons (Fsp3) is 1.00. The van der Waals surface area contributed by atoms with Crippen molar-refractivity contribution in [3.05, 3.63) is 0 Å². The Morgan fingerprint density at radius 3 is 1.21 bits per heavy atom. The Balaban J connectivity index is 0. The van der Waals surface area contributed by atoms with Crippen LogP contribution in [0.5, 0.6) is 0 Å². The lowest BCUT2D eigenvalue weighted by molar-refractivity contribution is 0.100. The monoisotopic (exact) mass is 208 g/mol. The smallest absolute Gasteiger partial charge is 0.385 e. The minimum absolute atomic E-state index is 0. The largest absolute Gasteiger partial charge is 0.639 e. The van der Waals surface area contributed by atoms with E-state index in [9.17, 15) is 0 Å². The maximum atomic E-state index is 5.25. The van der Waals surface area contributed by atoms with Gasteiger partial charge in [0.25, 0.3) is 0 Å². The van der Waals surface area contributed by atoms with Gasteiger partial charge in [0, 0.05) is 39.5 Å². The molecular weight excluding hydrogens is 187 g/mol. The third-order valence-corrected chi connectivity index (χ3v) is 1.12. The van der Waals surface area contributed by atoms with Crippen molar-refractivity contribution in [2.24, 2.45) is 17.2 Å². The first kappa shape index (κ1) is 16.2. The predicted octanol–water partition coefficient (Wildman–Crippen LogP) is -1.94. The van der Waals surface area contributed by atoms with E-state index in [0.717, 1.165) is 0 Å². The van der Waals surface area contributed by atoms with E-state index in [1.165, 1.54) is 0 Å². The molecule has 14 heavy (non-hydrogen) atoms. The van der Waals surface area contributed by atoms with Crippen molar-refractivity contribution >= 4 is 7.32 Å². The van der Waals surface area contributed by atoms with Crippen LogP contribution in [-0.4, -0.2) is 46.8 Å². The molecule has 0 aliphatic heterocycles. The molecule has 0 saturated heterocycles. The quantitative estimate of drug-likeness (QED) is 0.323. The van der Waals surface area contributed by atoms with Crippen LogP contribution in [0.25, 0.3) is 0 Å². The minimum Gasteiger partial charge on any atom is -0.385 e. The van der Waals surface area contributed by atoms with Crippen LogP contribution < -0.4 is 23.4 Å². The summed E-state index contributed by atoms with van der Waals surface area (Å²) < 4.78 is 15.3. The molecule has 0 rings (SSSR count). The van der Waals surface area contributed by atoms with E-state index in [4.69, 9.17) is 31.2 Å². The molecule has 7 nitrogen and oxygen atoms in total. The molecule has 0 amide bonds. The van der Waals surface area contributed by atoms with Gasteiger partial charge in [-0.05, 0) is 0 Å². The molecule has 0 bridgehead atoms. The summed E-state index contributed by atoms with van der Waals surface area (Å²) in [6, 6.07) is 0. The highest BCUT2D eigenvalue weighted by atomic mass is 16.7.